The summed E-state index contributed by atoms with van der Waals surface area (Å²) in [5, 5.41) is 23.6. The molecule has 1 aromatic rings. The minimum Gasteiger partial charge on any atom is -0.490 e. The van der Waals surface area contributed by atoms with Gasteiger partial charge in [0.25, 0.3) is 0 Å². The lowest BCUT2D eigenvalue weighted by molar-refractivity contribution is -0.385. The van der Waals surface area contributed by atoms with E-state index in [1.807, 2.05) is 6.92 Å². The van der Waals surface area contributed by atoms with Gasteiger partial charge in [-0.3, -0.25) is 10.1 Å². The Morgan fingerprint density at radius 2 is 2.22 bits per heavy atom. The van der Waals surface area contributed by atoms with Crippen LogP contribution in [0.2, 0.25) is 0 Å². The monoisotopic (exact) mass is 254 g/mol. The number of ether oxygens (including phenoxy) is 1. The molecule has 18 heavy (non-hydrogen) atoms. The summed E-state index contributed by atoms with van der Waals surface area (Å²) in [5.41, 5.74) is -0.217. The number of aliphatic hydroxyl groups is 1. The summed E-state index contributed by atoms with van der Waals surface area (Å²) in [4.78, 5) is 10.2. The van der Waals surface area contributed by atoms with Gasteiger partial charge >= 0.3 is 5.69 Å². The number of hydrogen-bond acceptors (Lipinski definition) is 5. The van der Waals surface area contributed by atoms with Crippen LogP contribution in [0, 0.1) is 10.1 Å². The highest BCUT2D eigenvalue weighted by atomic mass is 16.6. The van der Waals surface area contributed by atoms with Gasteiger partial charge in [0.15, 0.2) is 5.75 Å². The van der Waals surface area contributed by atoms with E-state index < -0.39 is 10.5 Å². The second-order valence-corrected chi connectivity index (χ2v) is 4.35. The summed E-state index contributed by atoms with van der Waals surface area (Å²) in [5.74, 6) is 0.196. The van der Waals surface area contributed by atoms with Crippen LogP contribution in [0.3, 0.4) is 0 Å². The van der Waals surface area contributed by atoms with Gasteiger partial charge in [-0.25, -0.2) is 0 Å². The summed E-state index contributed by atoms with van der Waals surface area (Å²) in [6, 6.07) is 4.51. The van der Waals surface area contributed by atoms with E-state index in [-0.39, 0.29) is 11.4 Å². The molecule has 0 amide bonds. The Morgan fingerprint density at radius 1 is 1.56 bits per heavy atom. The molecule has 0 saturated carbocycles. The topological polar surface area (TPSA) is 84.6 Å². The van der Waals surface area contributed by atoms with E-state index in [4.69, 9.17) is 4.74 Å². The van der Waals surface area contributed by atoms with Crippen molar-refractivity contribution in [2.24, 2.45) is 0 Å². The van der Waals surface area contributed by atoms with Crippen molar-refractivity contribution in [1.82, 2.24) is 0 Å². The van der Waals surface area contributed by atoms with Crippen LogP contribution in [0.15, 0.2) is 18.2 Å². The molecule has 2 N–H and O–H groups in total. The SMILES string of the molecule is CCC(C)(O)CNc1ccc([N+](=O)[O-])c(OC)c1. The standard InChI is InChI=1S/C12H18N2O4/c1-4-12(2,15)8-13-9-5-6-10(14(16)17)11(7-9)18-3/h5-7,13,15H,4,8H2,1-3H3. The Kier molecular flexibility index (Phi) is 4.49. The number of nitrogens with zero attached hydrogens (tertiary/aromatic N) is 1. The summed E-state index contributed by atoms with van der Waals surface area (Å²) in [7, 11) is 1.38. The van der Waals surface area contributed by atoms with Crippen LogP contribution in [0.5, 0.6) is 5.75 Å². The molecule has 6 nitrogen and oxygen atoms in total. The number of anilines is 1. The fraction of sp³-hybridized carbons (Fsp3) is 0.500. The molecular weight excluding hydrogens is 236 g/mol. The Balaban J connectivity index is 2.83. The maximum atomic E-state index is 10.7. The molecule has 0 saturated heterocycles. The van der Waals surface area contributed by atoms with Crippen LogP contribution in [0.1, 0.15) is 20.3 Å². The van der Waals surface area contributed by atoms with Crippen LogP contribution in [-0.4, -0.2) is 29.3 Å². The molecule has 6 heteroatoms. The van der Waals surface area contributed by atoms with Crippen LogP contribution >= 0.6 is 0 Å². The quantitative estimate of drug-likeness (QED) is 0.600. The zero-order valence-corrected chi connectivity index (χ0v) is 10.8. The number of nitro groups is 1. The zero-order chi connectivity index (χ0) is 13.8. The number of methoxy groups -OCH3 is 1. The number of hydrogen-bond donors (Lipinski definition) is 2. The van der Waals surface area contributed by atoms with Crippen molar-refractivity contribution in [1.29, 1.82) is 0 Å². The van der Waals surface area contributed by atoms with Crippen molar-refractivity contribution in [2.45, 2.75) is 25.9 Å². The van der Waals surface area contributed by atoms with Crippen molar-refractivity contribution in [3.8, 4) is 5.75 Å². The largest absolute Gasteiger partial charge is 0.490 e. The lowest BCUT2D eigenvalue weighted by Crippen LogP contribution is -2.32. The van der Waals surface area contributed by atoms with E-state index in [0.717, 1.165) is 0 Å². The van der Waals surface area contributed by atoms with E-state index >= 15 is 0 Å². The fourth-order valence-electron chi connectivity index (χ4n) is 1.36. The molecule has 1 aromatic carbocycles. The molecule has 100 valence electrons. The zero-order valence-electron chi connectivity index (χ0n) is 10.8. The third kappa shape index (κ3) is 3.59. The Morgan fingerprint density at radius 3 is 2.72 bits per heavy atom. The van der Waals surface area contributed by atoms with E-state index in [1.165, 1.54) is 13.2 Å². The molecule has 0 aliphatic heterocycles. The van der Waals surface area contributed by atoms with Crippen molar-refractivity contribution in [2.75, 3.05) is 19.0 Å². The van der Waals surface area contributed by atoms with E-state index in [0.29, 0.717) is 18.7 Å². The second-order valence-electron chi connectivity index (χ2n) is 4.35. The lowest BCUT2D eigenvalue weighted by Gasteiger charge is -2.22. The Bertz CT molecular complexity index is 432. The molecule has 0 spiro atoms. The number of nitrogens with one attached hydrogen (secondary N) is 1. The molecule has 0 aliphatic carbocycles. The maximum Gasteiger partial charge on any atom is 0.311 e. The van der Waals surface area contributed by atoms with E-state index in [2.05, 4.69) is 5.32 Å². The predicted molar refractivity (Wildman–Crippen MR) is 69.1 cm³/mol. The molecular formula is C12H18N2O4. The Hall–Kier alpha value is -1.82. The van der Waals surface area contributed by atoms with Gasteiger partial charge in [0.1, 0.15) is 0 Å². The van der Waals surface area contributed by atoms with Crippen molar-refractivity contribution in [3.05, 3.63) is 28.3 Å². The van der Waals surface area contributed by atoms with Gasteiger partial charge < -0.3 is 15.2 Å². The normalized spacial score (nSPS) is 13.8. The second kappa shape index (κ2) is 5.68. The maximum absolute atomic E-state index is 10.7. The van der Waals surface area contributed by atoms with Crippen LogP contribution in [0.4, 0.5) is 11.4 Å². The summed E-state index contributed by atoms with van der Waals surface area (Å²) in [6.45, 7) is 3.98. The van der Waals surface area contributed by atoms with Gasteiger partial charge in [0.05, 0.1) is 17.6 Å². The van der Waals surface area contributed by atoms with Gasteiger partial charge in [-0.2, -0.15) is 0 Å². The average molecular weight is 254 g/mol. The van der Waals surface area contributed by atoms with Crippen LogP contribution < -0.4 is 10.1 Å². The summed E-state index contributed by atoms with van der Waals surface area (Å²) >= 11 is 0. The lowest BCUT2D eigenvalue weighted by atomic mass is 10.0. The summed E-state index contributed by atoms with van der Waals surface area (Å²) < 4.78 is 4.96. The van der Waals surface area contributed by atoms with Crippen molar-refractivity contribution in [3.63, 3.8) is 0 Å². The minimum atomic E-state index is -0.811. The first kappa shape index (κ1) is 14.2. The molecule has 0 aliphatic rings. The van der Waals surface area contributed by atoms with Crippen LogP contribution in [0.25, 0.3) is 0 Å². The molecule has 1 unspecified atom stereocenters. The van der Waals surface area contributed by atoms with Crippen molar-refractivity contribution >= 4 is 11.4 Å². The number of benzene rings is 1. The predicted octanol–water partition coefficient (Wildman–Crippen LogP) is 2.18. The highest BCUT2D eigenvalue weighted by Crippen LogP contribution is 2.29. The van der Waals surface area contributed by atoms with E-state index in [9.17, 15) is 15.2 Å². The van der Waals surface area contributed by atoms with Gasteiger partial charge in [-0.1, -0.05) is 6.92 Å². The molecule has 1 atom stereocenters. The minimum absolute atomic E-state index is 0.0784. The van der Waals surface area contributed by atoms with E-state index in [1.54, 1.807) is 19.1 Å². The number of rotatable bonds is 6. The van der Waals surface area contributed by atoms with Crippen LogP contribution in [-0.2, 0) is 0 Å². The molecule has 0 heterocycles. The molecule has 0 fully saturated rings. The van der Waals surface area contributed by atoms with Gasteiger partial charge in [-0.15, -0.1) is 0 Å². The third-order valence-electron chi connectivity index (χ3n) is 2.81. The molecule has 0 aromatic heterocycles. The Labute approximate surface area is 106 Å². The number of nitro benzene ring substituents is 1. The fourth-order valence-corrected chi connectivity index (χ4v) is 1.36. The molecule has 1 rings (SSSR count). The highest BCUT2D eigenvalue weighted by Gasteiger charge is 2.18. The first-order valence-corrected chi connectivity index (χ1v) is 5.68. The van der Waals surface area contributed by atoms with Gasteiger partial charge in [-0.05, 0) is 19.4 Å². The first-order chi connectivity index (χ1) is 8.39. The smallest absolute Gasteiger partial charge is 0.311 e. The molecule has 0 bridgehead atoms. The van der Waals surface area contributed by atoms with Gasteiger partial charge in [0, 0.05) is 24.4 Å². The van der Waals surface area contributed by atoms with Crippen molar-refractivity contribution < 1.29 is 14.8 Å². The third-order valence-corrected chi connectivity index (χ3v) is 2.81. The average Bonchev–Trinajstić information content (AvgIpc) is 2.36. The highest BCUT2D eigenvalue weighted by molar-refractivity contribution is 5.58. The first-order valence-electron chi connectivity index (χ1n) is 5.68. The molecule has 0 radical (unpaired) electrons. The summed E-state index contributed by atoms with van der Waals surface area (Å²) in [6.07, 6.45) is 0.615. The van der Waals surface area contributed by atoms with Gasteiger partial charge in [0.2, 0.25) is 0 Å².